The molecule has 20 heavy (non-hydrogen) atoms. The van der Waals surface area contributed by atoms with E-state index in [1.54, 1.807) is 6.07 Å². The van der Waals surface area contributed by atoms with E-state index in [1.165, 1.54) is 11.6 Å². The van der Waals surface area contributed by atoms with Gasteiger partial charge in [0.15, 0.2) is 0 Å². The molecule has 0 bridgehead atoms. The fraction of sp³-hybridized carbons (Fsp3) is 0.294. The molecule has 1 N–H and O–H groups in total. The molecule has 0 saturated carbocycles. The van der Waals surface area contributed by atoms with Crippen molar-refractivity contribution in [3.05, 3.63) is 69.9 Å². The second kappa shape index (κ2) is 7.55. The molecule has 2 rings (SSSR count). The van der Waals surface area contributed by atoms with E-state index in [9.17, 15) is 4.39 Å². The van der Waals surface area contributed by atoms with Crippen LogP contribution in [0.25, 0.3) is 0 Å². The lowest BCUT2D eigenvalue weighted by Crippen LogP contribution is -2.25. The molecule has 2 aromatic rings. The summed E-state index contributed by atoms with van der Waals surface area (Å²) >= 11 is 3.47. The largest absolute Gasteiger partial charge is 0.310 e. The number of halogens is 2. The summed E-state index contributed by atoms with van der Waals surface area (Å²) in [6.45, 7) is 2.99. The van der Waals surface area contributed by atoms with E-state index in [2.05, 4.69) is 40.3 Å². The molecule has 0 aliphatic heterocycles. The maximum absolute atomic E-state index is 14.2. The molecule has 1 unspecified atom stereocenters. The van der Waals surface area contributed by atoms with Crippen LogP contribution >= 0.6 is 15.9 Å². The Bertz CT molecular complexity index is 522. The first kappa shape index (κ1) is 15.2. The van der Waals surface area contributed by atoms with Gasteiger partial charge < -0.3 is 5.32 Å². The van der Waals surface area contributed by atoms with Crippen LogP contribution in [0, 0.1) is 5.82 Å². The van der Waals surface area contributed by atoms with Crippen molar-refractivity contribution >= 4 is 15.9 Å². The molecule has 0 heterocycles. The Hall–Kier alpha value is -1.19. The lowest BCUT2D eigenvalue weighted by molar-refractivity contribution is 0.495. The first-order chi connectivity index (χ1) is 9.72. The number of hydrogen-bond acceptors (Lipinski definition) is 1. The number of benzene rings is 2. The van der Waals surface area contributed by atoms with Gasteiger partial charge in [0, 0.05) is 16.1 Å². The second-order valence-electron chi connectivity index (χ2n) is 4.83. The van der Waals surface area contributed by atoms with Gasteiger partial charge in [0.25, 0.3) is 0 Å². The predicted octanol–water partition coefficient (Wildman–Crippen LogP) is 4.87. The Morgan fingerprint density at radius 1 is 1.10 bits per heavy atom. The van der Waals surface area contributed by atoms with E-state index in [4.69, 9.17) is 0 Å². The van der Waals surface area contributed by atoms with Crippen LogP contribution in [0.1, 0.15) is 30.5 Å². The SMILES string of the molecule is CCCNC(Cc1ccccc1)c1c(F)cccc1Br. The number of hydrogen-bond donors (Lipinski definition) is 1. The van der Waals surface area contributed by atoms with Crippen LogP contribution < -0.4 is 5.32 Å². The zero-order chi connectivity index (χ0) is 14.4. The van der Waals surface area contributed by atoms with Crippen LogP contribution in [0.3, 0.4) is 0 Å². The van der Waals surface area contributed by atoms with Crippen LogP contribution in [0.4, 0.5) is 4.39 Å². The van der Waals surface area contributed by atoms with Gasteiger partial charge in [-0.1, -0.05) is 59.3 Å². The minimum atomic E-state index is -0.163. The molecule has 0 amide bonds. The average Bonchev–Trinajstić information content (AvgIpc) is 2.45. The normalized spacial score (nSPS) is 12.3. The van der Waals surface area contributed by atoms with Crippen molar-refractivity contribution < 1.29 is 4.39 Å². The van der Waals surface area contributed by atoms with Gasteiger partial charge in [-0.25, -0.2) is 4.39 Å². The molecule has 106 valence electrons. The highest BCUT2D eigenvalue weighted by Gasteiger charge is 2.18. The van der Waals surface area contributed by atoms with Gasteiger partial charge in [-0.15, -0.1) is 0 Å². The van der Waals surface area contributed by atoms with Gasteiger partial charge in [-0.05, 0) is 37.1 Å². The molecule has 0 fully saturated rings. The number of rotatable bonds is 6. The molecule has 1 atom stereocenters. The molecular weight excluding hydrogens is 317 g/mol. The Morgan fingerprint density at radius 2 is 1.85 bits per heavy atom. The molecular formula is C17H19BrFN. The summed E-state index contributed by atoms with van der Waals surface area (Å²) in [5.74, 6) is -0.163. The summed E-state index contributed by atoms with van der Waals surface area (Å²) in [4.78, 5) is 0. The zero-order valence-electron chi connectivity index (χ0n) is 11.6. The average molecular weight is 336 g/mol. The monoisotopic (exact) mass is 335 g/mol. The van der Waals surface area contributed by atoms with Crippen LogP contribution in [-0.2, 0) is 6.42 Å². The van der Waals surface area contributed by atoms with Crippen molar-refractivity contribution in [2.24, 2.45) is 0 Å². The van der Waals surface area contributed by atoms with Crippen LogP contribution in [0.15, 0.2) is 53.0 Å². The smallest absolute Gasteiger partial charge is 0.129 e. The minimum absolute atomic E-state index is 0.0204. The first-order valence-corrected chi connectivity index (χ1v) is 7.73. The van der Waals surface area contributed by atoms with E-state index in [0.29, 0.717) is 5.56 Å². The van der Waals surface area contributed by atoms with Gasteiger partial charge >= 0.3 is 0 Å². The van der Waals surface area contributed by atoms with Crippen LogP contribution in [0.5, 0.6) is 0 Å². The Labute approximate surface area is 128 Å². The first-order valence-electron chi connectivity index (χ1n) is 6.93. The lowest BCUT2D eigenvalue weighted by Gasteiger charge is -2.21. The quantitative estimate of drug-likeness (QED) is 0.793. The maximum atomic E-state index is 14.2. The molecule has 0 aliphatic carbocycles. The molecule has 3 heteroatoms. The van der Waals surface area contributed by atoms with Crippen molar-refractivity contribution in [2.75, 3.05) is 6.54 Å². The van der Waals surface area contributed by atoms with Crippen molar-refractivity contribution in [3.63, 3.8) is 0 Å². The highest BCUT2D eigenvalue weighted by molar-refractivity contribution is 9.10. The molecule has 0 aromatic heterocycles. The van der Waals surface area contributed by atoms with Gasteiger partial charge in [0.2, 0.25) is 0 Å². The topological polar surface area (TPSA) is 12.0 Å². The van der Waals surface area contributed by atoms with Gasteiger partial charge in [0.05, 0.1) is 0 Å². The van der Waals surface area contributed by atoms with Crippen molar-refractivity contribution in [3.8, 4) is 0 Å². The van der Waals surface area contributed by atoms with Gasteiger partial charge in [0.1, 0.15) is 5.82 Å². The number of nitrogens with one attached hydrogen (secondary N) is 1. The molecule has 0 radical (unpaired) electrons. The van der Waals surface area contributed by atoms with Crippen LogP contribution in [-0.4, -0.2) is 6.54 Å². The Kier molecular flexibility index (Phi) is 5.74. The third kappa shape index (κ3) is 3.90. The molecule has 2 aromatic carbocycles. The molecule has 1 nitrogen and oxygen atoms in total. The fourth-order valence-corrected chi connectivity index (χ4v) is 2.91. The third-order valence-electron chi connectivity index (χ3n) is 3.27. The van der Waals surface area contributed by atoms with E-state index in [-0.39, 0.29) is 11.9 Å². The molecule has 0 saturated heterocycles. The van der Waals surface area contributed by atoms with Crippen molar-refractivity contribution in [2.45, 2.75) is 25.8 Å². The van der Waals surface area contributed by atoms with Crippen LogP contribution in [0.2, 0.25) is 0 Å². The predicted molar refractivity (Wildman–Crippen MR) is 85.3 cm³/mol. The molecule has 0 aliphatic rings. The lowest BCUT2D eigenvalue weighted by atomic mass is 9.98. The highest BCUT2D eigenvalue weighted by atomic mass is 79.9. The standard InChI is InChI=1S/C17H19BrFN/c1-2-11-20-16(12-13-7-4-3-5-8-13)17-14(18)9-6-10-15(17)19/h3-10,16,20H,2,11-12H2,1H3. The Balaban J connectivity index is 2.27. The second-order valence-corrected chi connectivity index (χ2v) is 5.69. The summed E-state index contributed by atoms with van der Waals surface area (Å²) in [5.41, 5.74) is 1.92. The van der Waals surface area contributed by atoms with Crippen molar-refractivity contribution in [1.82, 2.24) is 5.32 Å². The van der Waals surface area contributed by atoms with E-state index >= 15 is 0 Å². The minimum Gasteiger partial charge on any atom is -0.310 e. The fourth-order valence-electron chi connectivity index (χ4n) is 2.29. The zero-order valence-corrected chi connectivity index (χ0v) is 13.2. The summed E-state index contributed by atoms with van der Waals surface area (Å²) < 4.78 is 15.0. The summed E-state index contributed by atoms with van der Waals surface area (Å²) in [5, 5.41) is 3.45. The van der Waals surface area contributed by atoms with E-state index < -0.39 is 0 Å². The van der Waals surface area contributed by atoms with E-state index in [1.807, 2.05) is 24.3 Å². The van der Waals surface area contributed by atoms with Gasteiger partial charge in [-0.2, -0.15) is 0 Å². The summed E-state index contributed by atoms with van der Waals surface area (Å²) in [7, 11) is 0. The third-order valence-corrected chi connectivity index (χ3v) is 3.96. The summed E-state index contributed by atoms with van der Waals surface area (Å²) in [6.07, 6.45) is 1.80. The van der Waals surface area contributed by atoms with Crippen molar-refractivity contribution in [1.29, 1.82) is 0 Å². The Morgan fingerprint density at radius 3 is 2.50 bits per heavy atom. The molecule has 0 spiro atoms. The highest BCUT2D eigenvalue weighted by Crippen LogP contribution is 2.28. The van der Waals surface area contributed by atoms with Gasteiger partial charge in [-0.3, -0.25) is 0 Å². The summed E-state index contributed by atoms with van der Waals surface area (Å²) in [6, 6.07) is 15.3. The maximum Gasteiger partial charge on any atom is 0.129 e. The van der Waals surface area contributed by atoms with E-state index in [0.717, 1.165) is 23.9 Å².